The molecule has 1 aliphatic heterocycles. The van der Waals surface area contributed by atoms with E-state index in [1.165, 1.54) is 0 Å². The van der Waals surface area contributed by atoms with Gasteiger partial charge in [-0.2, -0.15) is 0 Å². The van der Waals surface area contributed by atoms with Gasteiger partial charge in [0.2, 0.25) is 0 Å². The Morgan fingerprint density at radius 2 is 1.54 bits per heavy atom. The number of esters is 2. The summed E-state index contributed by atoms with van der Waals surface area (Å²) in [5.41, 5.74) is 5.34. The molecule has 0 amide bonds. The first-order valence-corrected chi connectivity index (χ1v) is 19.7. The van der Waals surface area contributed by atoms with E-state index < -0.39 is 30.5 Å². The number of allylic oxidation sites excluding steroid dienone is 10. The molecule has 0 fully saturated rings. The van der Waals surface area contributed by atoms with Crippen molar-refractivity contribution in [3.63, 3.8) is 0 Å². The Kier molecular flexibility index (Phi) is 22.8. The third kappa shape index (κ3) is 20.6. The zero-order chi connectivity index (χ0) is 41.1. The van der Waals surface area contributed by atoms with E-state index >= 15 is 0 Å². The molecule has 1 rings (SSSR count). The fourth-order valence-electron chi connectivity index (χ4n) is 6.76. The van der Waals surface area contributed by atoms with Gasteiger partial charge in [0, 0.05) is 30.8 Å². The fraction of sp³-hybridized carbons (Fsp3) is 0.644. The fourth-order valence-corrected chi connectivity index (χ4v) is 6.76. The van der Waals surface area contributed by atoms with Crippen LogP contribution in [0.25, 0.3) is 0 Å². The van der Waals surface area contributed by atoms with Gasteiger partial charge in [-0.3, -0.25) is 4.79 Å². The van der Waals surface area contributed by atoms with Gasteiger partial charge in [0.05, 0.1) is 30.5 Å². The van der Waals surface area contributed by atoms with Crippen LogP contribution in [0, 0.1) is 17.8 Å². The molecule has 9 heteroatoms. The largest absolute Gasteiger partial charge is 0.462 e. The Labute approximate surface area is 325 Å². The molecule has 0 aliphatic carbocycles. The van der Waals surface area contributed by atoms with Crippen molar-refractivity contribution in [2.45, 2.75) is 170 Å². The molecule has 0 aromatic carbocycles. The maximum absolute atomic E-state index is 13.3. The van der Waals surface area contributed by atoms with Crippen molar-refractivity contribution in [1.29, 1.82) is 0 Å². The van der Waals surface area contributed by atoms with Crippen molar-refractivity contribution in [3.8, 4) is 0 Å². The summed E-state index contributed by atoms with van der Waals surface area (Å²) in [6.07, 6.45) is 14.2. The molecular formula is C45H72O9. The van der Waals surface area contributed by atoms with Crippen LogP contribution in [-0.4, -0.2) is 80.2 Å². The molecule has 54 heavy (non-hydrogen) atoms. The first kappa shape index (κ1) is 48.9. The second-order valence-corrected chi connectivity index (χ2v) is 16.1. The average molecular weight is 757 g/mol. The zero-order valence-corrected chi connectivity index (χ0v) is 34.9. The Hall–Kier alpha value is -3.08. The third-order valence-electron chi connectivity index (χ3n) is 9.75. The Morgan fingerprint density at radius 3 is 2.17 bits per heavy atom. The van der Waals surface area contributed by atoms with E-state index in [1.807, 2.05) is 65.0 Å². The lowest BCUT2D eigenvalue weighted by molar-refractivity contribution is -0.152. The van der Waals surface area contributed by atoms with Gasteiger partial charge in [-0.25, -0.2) is 4.79 Å². The lowest BCUT2D eigenvalue weighted by Gasteiger charge is -2.27. The quantitative estimate of drug-likeness (QED) is 0.0431. The number of carbonyl (C=O) groups excluding carboxylic acids is 2. The predicted octanol–water partition coefficient (Wildman–Crippen LogP) is 7.93. The summed E-state index contributed by atoms with van der Waals surface area (Å²) in [4.78, 5) is 26.3. The molecule has 0 aromatic heterocycles. The maximum Gasteiger partial charge on any atom is 0.334 e. The number of rotatable bonds is 17. The molecule has 1 heterocycles. The monoisotopic (exact) mass is 757 g/mol. The van der Waals surface area contributed by atoms with E-state index in [-0.39, 0.29) is 54.7 Å². The minimum atomic E-state index is -1.07. The molecule has 0 saturated heterocycles. The molecule has 0 radical (unpaired) electrons. The number of aliphatic hydroxyl groups is 5. The number of ether oxygens (including phenoxy) is 2. The van der Waals surface area contributed by atoms with Crippen molar-refractivity contribution in [2.75, 3.05) is 0 Å². The van der Waals surface area contributed by atoms with Crippen LogP contribution in [0.2, 0.25) is 0 Å². The van der Waals surface area contributed by atoms with Crippen molar-refractivity contribution >= 4 is 11.9 Å². The van der Waals surface area contributed by atoms with Crippen LogP contribution in [0.1, 0.15) is 128 Å². The van der Waals surface area contributed by atoms with Crippen LogP contribution in [0.3, 0.4) is 0 Å². The van der Waals surface area contributed by atoms with Crippen molar-refractivity contribution in [1.82, 2.24) is 0 Å². The molecule has 0 aromatic rings. The minimum Gasteiger partial charge on any atom is -0.462 e. The van der Waals surface area contributed by atoms with Crippen LogP contribution < -0.4 is 0 Å². The Bertz CT molecular complexity index is 1390. The topological polar surface area (TPSA) is 154 Å². The highest BCUT2D eigenvalue weighted by molar-refractivity contribution is 5.88. The van der Waals surface area contributed by atoms with Gasteiger partial charge in [0.15, 0.2) is 0 Å². The summed E-state index contributed by atoms with van der Waals surface area (Å²) in [6.45, 7) is 20.9. The second kappa shape index (κ2) is 25.2. The molecular weight excluding hydrogens is 684 g/mol. The summed E-state index contributed by atoms with van der Waals surface area (Å²) in [7, 11) is 0. The average Bonchev–Trinajstić information content (AvgIpc) is 3.04. The van der Waals surface area contributed by atoms with E-state index in [9.17, 15) is 35.1 Å². The van der Waals surface area contributed by atoms with Gasteiger partial charge in [-0.05, 0) is 105 Å². The standard InChI is InChI=1S/C45H72O9/c1-28(14-12-15-29(2)25-40(49)41(50)27-38(11)47)20-31(4)24-36(9)45(52)54-42-16-13-17-44(51)53-43(19-18-30(3)21-34(42)7)35(8)23-32(5)22-33(6)39(48)26-37(10)46/h12,14-15,18,20,22,24-25,33-35,37-43,46-50H,13,16-17,19,21,23,26-27H2,1-11H3/t33-,34+,35+,37-,38+,39-,40+,41+,42+,43-/m1/s1. The van der Waals surface area contributed by atoms with Crippen molar-refractivity contribution < 1.29 is 44.6 Å². The summed E-state index contributed by atoms with van der Waals surface area (Å²) >= 11 is 0. The van der Waals surface area contributed by atoms with E-state index in [2.05, 4.69) is 26.8 Å². The predicted molar refractivity (Wildman–Crippen MR) is 217 cm³/mol. The molecule has 9 nitrogen and oxygen atoms in total. The molecule has 5 N–H and O–H groups in total. The van der Waals surface area contributed by atoms with Gasteiger partial charge in [0.1, 0.15) is 12.2 Å². The molecule has 0 unspecified atom stereocenters. The van der Waals surface area contributed by atoms with Gasteiger partial charge in [-0.1, -0.05) is 91.2 Å². The highest BCUT2D eigenvalue weighted by atomic mass is 16.5. The smallest absolute Gasteiger partial charge is 0.334 e. The lowest BCUT2D eigenvalue weighted by Crippen LogP contribution is -2.28. The highest BCUT2D eigenvalue weighted by Crippen LogP contribution is 2.28. The number of carbonyl (C=O) groups is 2. The van der Waals surface area contributed by atoms with Gasteiger partial charge in [0.25, 0.3) is 0 Å². The first-order chi connectivity index (χ1) is 25.2. The van der Waals surface area contributed by atoms with Crippen LogP contribution >= 0.6 is 0 Å². The van der Waals surface area contributed by atoms with Crippen LogP contribution in [0.4, 0.5) is 0 Å². The summed E-state index contributed by atoms with van der Waals surface area (Å²) in [6, 6.07) is 0. The third-order valence-corrected chi connectivity index (χ3v) is 9.75. The molecule has 306 valence electrons. The van der Waals surface area contributed by atoms with E-state index in [0.717, 1.165) is 40.7 Å². The highest BCUT2D eigenvalue weighted by Gasteiger charge is 2.26. The number of hydrogen-bond acceptors (Lipinski definition) is 9. The number of hydrogen-bond donors (Lipinski definition) is 5. The van der Waals surface area contributed by atoms with Gasteiger partial charge in [-0.15, -0.1) is 0 Å². The van der Waals surface area contributed by atoms with Gasteiger partial charge >= 0.3 is 11.9 Å². The second-order valence-electron chi connectivity index (χ2n) is 16.1. The summed E-state index contributed by atoms with van der Waals surface area (Å²) < 4.78 is 12.1. The Balaban J connectivity index is 2.94. The maximum atomic E-state index is 13.3. The van der Waals surface area contributed by atoms with Gasteiger partial charge < -0.3 is 35.0 Å². The van der Waals surface area contributed by atoms with Crippen molar-refractivity contribution in [3.05, 3.63) is 82.0 Å². The summed E-state index contributed by atoms with van der Waals surface area (Å²) in [5, 5.41) is 49.5. The van der Waals surface area contributed by atoms with Crippen LogP contribution in [0.15, 0.2) is 82.0 Å². The molecule has 1 aliphatic rings. The first-order valence-electron chi connectivity index (χ1n) is 19.7. The SMILES string of the molecule is CC(=CC=CC(C)=C[C@H](O)[C@@H](O)C[C@H](C)O)C=C(C)C=C(C)C(=O)O[C@H]1CCCC(=O)O[C@@H]([C@@H](C)CC(C)=C[C@@H](C)[C@H](O)C[C@@H](C)O)CC=C(C)C[C@@H]1C. The van der Waals surface area contributed by atoms with E-state index in [1.54, 1.807) is 32.9 Å². The van der Waals surface area contributed by atoms with E-state index in [0.29, 0.717) is 31.3 Å². The zero-order valence-electron chi connectivity index (χ0n) is 34.9. The van der Waals surface area contributed by atoms with Crippen molar-refractivity contribution in [2.24, 2.45) is 17.8 Å². The number of cyclic esters (lactones) is 1. The molecule has 10 atom stereocenters. The Morgan fingerprint density at radius 1 is 0.907 bits per heavy atom. The minimum absolute atomic E-state index is 0.0535. The normalized spacial score (nSPS) is 24.7. The molecule has 0 saturated carbocycles. The van der Waals surface area contributed by atoms with Crippen LogP contribution in [-0.2, 0) is 19.1 Å². The molecule has 0 bridgehead atoms. The van der Waals surface area contributed by atoms with Crippen LogP contribution in [0.5, 0.6) is 0 Å². The lowest BCUT2D eigenvalue weighted by atomic mass is 9.89. The summed E-state index contributed by atoms with van der Waals surface area (Å²) in [5.74, 6) is -0.620. The molecule has 0 spiro atoms. The number of aliphatic hydroxyl groups excluding tert-OH is 5. The van der Waals surface area contributed by atoms with E-state index in [4.69, 9.17) is 9.47 Å².